The number of carbonyl (C=O) groups excluding carboxylic acids is 2. The minimum atomic E-state index is -0.141. The number of hydrogen-bond donors (Lipinski definition) is 1. The molecule has 0 bridgehead atoms. The van der Waals surface area contributed by atoms with Crippen LogP contribution in [0.1, 0.15) is 53.6 Å². The number of imidazole rings is 1. The number of carbonyl (C=O) groups is 2. The first kappa shape index (κ1) is 24.5. The van der Waals surface area contributed by atoms with E-state index in [0.29, 0.717) is 36.7 Å². The van der Waals surface area contributed by atoms with Gasteiger partial charge in [-0.25, -0.2) is 4.98 Å². The van der Waals surface area contributed by atoms with Gasteiger partial charge in [-0.05, 0) is 49.4 Å². The lowest BCUT2D eigenvalue weighted by molar-refractivity contribution is -0.132. The fraction of sp³-hybridized carbons (Fsp3) is 0.385. The van der Waals surface area contributed by atoms with Gasteiger partial charge in [0.25, 0.3) is 0 Å². The van der Waals surface area contributed by atoms with Crippen molar-refractivity contribution in [1.29, 1.82) is 5.26 Å². The van der Waals surface area contributed by atoms with Crippen molar-refractivity contribution in [3.05, 3.63) is 64.1 Å². The van der Waals surface area contributed by atoms with Crippen LogP contribution < -0.4 is 10.1 Å². The Kier molecular flexibility index (Phi) is 7.51. The van der Waals surface area contributed by atoms with Gasteiger partial charge in [0.2, 0.25) is 11.8 Å². The zero-order valence-electron chi connectivity index (χ0n) is 20.2. The number of benzene rings is 1. The molecule has 0 spiro atoms. The smallest absolute Gasteiger partial charge is 0.242 e. The second-order valence-corrected chi connectivity index (χ2v) is 9.75. The number of aryl methyl sites for hydroxylation is 1. The summed E-state index contributed by atoms with van der Waals surface area (Å²) in [5, 5.41) is 13.3. The van der Waals surface area contributed by atoms with Crippen LogP contribution in [0.4, 0.5) is 5.00 Å². The number of fused-ring (bicyclic) bond motifs is 1. The summed E-state index contributed by atoms with van der Waals surface area (Å²) in [5.74, 6) is 1.45. The molecule has 4 rings (SSSR count). The molecule has 35 heavy (non-hydrogen) atoms. The van der Waals surface area contributed by atoms with Crippen molar-refractivity contribution >= 4 is 28.2 Å². The zero-order chi connectivity index (χ0) is 24.9. The monoisotopic (exact) mass is 491 g/mol. The summed E-state index contributed by atoms with van der Waals surface area (Å²) in [5.41, 5.74) is 2.48. The Hall–Kier alpha value is -3.64. The van der Waals surface area contributed by atoms with Gasteiger partial charge in [0.05, 0.1) is 18.7 Å². The fourth-order valence-electron chi connectivity index (χ4n) is 4.29. The van der Waals surface area contributed by atoms with Crippen molar-refractivity contribution in [2.24, 2.45) is 0 Å². The summed E-state index contributed by atoms with van der Waals surface area (Å²) in [6.45, 7) is 7.62. The molecule has 0 aliphatic carbocycles. The summed E-state index contributed by atoms with van der Waals surface area (Å²) in [6, 6.07) is 10.0. The van der Waals surface area contributed by atoms with Gasteiger partial charge in [-0.1, -0.05) is 19.1 Å². The number of anilines is 1. The molecule has 3 heterocycles. The lowest BCUT2D eigenvalue weighted by atomic mass is 9.97. The summed E-state index contributed by atoms with van der Waals surface area (Å²) in [6.07, 6.45) is 4.36. The minimum absolute atomic E-state index is 0.00438. The molecule has 9 heteroatoms. The van der Waals surface area contributed by atoms with Crippen LogP contribution in [-0.4, -0.2) is 39.4 Å². The second-order valence-electron chi connectivity index (χ2n) is 8.65. The van der Waals surface area contributed by atoms with E-state index in [0.717, 1.165) is 27.6 Å². The van der Waals surface area contributed by atoms with Gasteiger partial charge in [-0.15, -0.1) is 11.3 Å². The van der Waals surface area contributed by atoms with E-state index in [1.807, 2.05) is 49.6 Å². The molecule has 0 saturated heterocycles. The number of nitriles is 1. The molecule has 1 aromatic carbocycles. The number of aromatic nitrogens is 2. The van der Waals surface area contributed by atoms with E-state index in [1.54, 1.807) is 17.3 Å². The van der Waals surface area contributed by atoms with Crippen LogP contribution in [0.3, 0.4) is 0 Å². The Morgan fingerprint density at radius 3 is 2.91 bits per heavy atom. The first-order valence-corrected chi connectivity index (χ1v) is 12.5. The molecule has 1 aliphatic heterocycles. The summed E-state index contributed by atoms with van der Waals surface area (Å²) in [7, 11) is 0. The molecule has 2 aromatic heterocycles. The van der Waals surface area contributed by atoms with E-state index in [4.69, 9.17) is 4.74 Å². The van der Waals surface area contributed by atoms with Crippen molar-refractivity contribution in [2.45, 2.75) is 52.6 Å². The predicted octanol–water partition coefficient (Wildman–Crippen LogP) is 4.24. The topological polar surface area (TPSA) is 100 Å². The summed E-state index contributed by atoms with van der Waals surface area (Å²) < 4.78 is 7.39. The largest absolute Gasteiger partial charge is 0.494 e. The van der Waals surface area contributed by atoms with E-state index >= 15 is 0 Å². The molecule has 0 radical (unpaired) electrons. The third-order valence-electron chi connectivity index (χ3n) is 6.23. The van der Waals surface area contributed by atoms with Gasteiger partial charge >= 0.3 is 0 Å². The number of rotatable bonds is 8. The molecule has 3 aromatic rings. The maximum atomic E-state index is 12.9. The quantitative estimate of drug-likeness (QED) is 0.508. The van der Waals surface area contributed by atoms with Crippen molar-refractivity contribution in [3.63, 3.8) is 0 Å². The SMILES string of the molecule is CCOc1cccc([C@@H](C)CC(=O)Nc2sc3c(c2C#N)CCN(C(=O)Cn2ccnc2C)C3)c1. The minimum Gasteiger partial charge on any atom is -0.494 e. The van der Waals surface area contributed by atoms with Gasteiger partial charge in [0, 0.05) is 30.2 Å². The average Bonchev–Trinajstić information content (AvgIpc) is 3.40. The van der Waals surface area contributed by atoms with Gasteiger partial charge < -0.3 is 19.5 Å². The third kappa shape index (κ3) is 5.54. The van der Waals surface area contributed by atoms with Crippen LogP contribution in [0.2, 0.25) is 0 Å². The molecule has 0 saturated carbocycles. The van der Waals surface area contributed by atoms with Crippen LogP contribution in [0.15, 0.2) is 36.7 Å². The summed E-state index contributed by atoms with van der Waals surface area (Å²) >= 11 is 1.39. The molecule has 1 atom stereocenters. The highest BCUT2D eigenvalue weighted by Crippen LogP contribution is 2.37. The van der Waals surface area contributed by atoms with E-state index in [2.05, 4.69) is 16.4 Å². The fourth-order valence-corrected chi connectivity index (χ4v) is 5.52. The number of thiophene rings is 1. The standard InChI is InChI=1S/C26H29N5O3S/c1-4-34-20-7-5-6-19(13-20)17(2)12-24(32)29-26-22(14-27)21-8-10-31(15-23(21)35-26)25(33)16-30-11-9-28-18(30)3/h5-7,9,11,13,17H,4,8,10,12,15-16H2,1-3H3,(H,29,32)/t17-/m0/s1. The second kappa shape index (κ2) is 10.7. The molecule has 0 fully saturated rings. The first-order valence-electron chi connectivity index (χ1n) is 11.7. The molecule has 1 aliphatic rings. The molecular weight excluding hydrogens is 462 g/mol. The average molecular weight is 492 g/mol. The Bertz CT molecular complexity index is 1270. The van der Waals surface area contributed by atoms with Crippen LogP contribution in [0.25, 0.3) is 0 Å². The van der Waals surface area contributed by atoms with Crippen LogP contribution in [-0.2, 0) is 29.1 Å². The van der Waals surface area contributed by atoms with Crippen molar-refractivity contribution in [1.82, 2.24) is 14.5 Å². The first-order chi connectivity index (χ1) is 16.9. The normalized spacial score (nSPS) is 13.6. The van der Waals surface area contributed by atoms with Crippen molar-refractivity contribution < 1.29 is 14.3 Å². The summed E-state index contributed by atoms with van der Waals surface area (Å²) in [4.78, 5) is 32.6. The van der Waals surface area contributed by atoms with E-state index in [9.17, 15) is 14.9 Å². The molecule has 1 N–H and O–H groups in total. The number of nitrogens with zero attached hydrogens (tertiary/aromatic N) is 4. The maximum absolute atomic E-state index is 12.9. The molecule has 182 valence electrons. The molecule has 8 nitrogen and oxygen atoms in total. The Balaban J connectivity index is 1.42. The Labute approximate surface area is 209 Å². The van der Waals surface area contributed by atoms with Crippen LogP contribution in [0.5, 0.6) is 5.75 Å². The molecular formula is C26H29N5O3S. The lowest BCUT2D eigenvalue weighted by Gasteiger charge is -2.27. The van der Waals surface area contributed by atoms with Crippen molar-refractivity contribution in [3.8, 4) is 11.8 Å². The van der Waals surface area contributed by atoms with E-state index in [-0.39, 0.29) is 30.7 Å². The Morgan fingerprint density at radius 2 is 2.20 bits per heavy atom. The molecule has 0 unspecified atom stereocenters. The number of ether oxygens (including phenoxy) is 1. The maximum Gasteiger partial charge on any atom is 0.242 e. The third-order valence-corrected chi connectivity index (χ3v) is 7.37. The lowest BCUT2D eigenvalue weighted by Crippen LogP contribution is -2.37. The predicted molar refractivity (Wildman–Crippen MR) is 134 cm³/mol. The highest BCUT2D eigenvalue weighted by molar-refractivity contribution is 7.16. The van der Waals surface area contributed by atoms with Crippen LogP contribution >= 0.6 is 11.3 Å². The van der Waals surface area contributed by atoms with Gasteiger partial charge in [-0.2, -0.15) is 5.26 Å². The molecule has 2 amide bonds. The van der Waals surface area contributed by atoms with Gasteiger partial charge in [0.15, 0.2) is 0 Å². The highest BCUT2D eigenvalue weighted by Gasteiger charge is 2.28. The Morgan fingerprint density at radius 1 is 1.37 bits per heavy atom. The number of hydrogen-bond acceptors (Lipinski definition) is 6. The van der Waals surface area contributed by atoms with E-state index < -0.39 is 0 Å². The van der Waals surface area contributed by atoms with Gasteiger partial charge in [0.1, 0.15) is 29.2 Å². The van der Waals surface area contributed by atoms with Gasteiger partial charge in [-0.3, -0.25) is 9.59 Å². The van der Waals surface area contributed by atoms with Crippen LogP contribution in [0, 0.1) is 18.3 Å². The van der Waals surface area contributed by atoms with E-state index in [1.165, 1.54) is 11.3 Å². The number of amides is 2. The zero-order valence-corrected chi connectivity index (χ0v) is 21.0. The number of nitrogens with one attached hydrogen (secondary N) is 1. The van der Waals surface area contributed by atoms with Crippen molar-refractivity contribution in [2.75, 3.05) is 18.5 Å². The highest BCUT2D eigenvalue weighted by atomic mass is 32.1.